The van der Waals surface area contributed by atoms with Crippen LogP contribution < -0.4 is 10.2 Å². The Hall–Kier alpha value is -1.13. The van der Waals surface area contributed by atoms with E-state index in [1.165, 1.54) is 11.3 Å². The van der Waals surface area contributed by atoms with Crippen LogP contribution in [-0.2, 0) is 11.2 Å². The van der Waals surface area contributed by atoms with Crippen LogP contribution in [0.5, 0.6) is 0 Å². The minimum atomic E-state index is 0.627. The standard InChI is InChI=1S/C14H20N2OS/c1-11-9-12-5-3-4-6-13(12)16(10-11)14(18)15-7-8-17-2/h3-6,11H,7-10H2,1-2H3,(H,15,18). The summed E-state index contributed by atoms with van der Waals surface area (Å²) in [4.78, 5) is 2.20. The molecule has 4 heteroatoms. The lowest BCUT2D eigenvalue weighted by Crippen LogP contribution is -2.45. The van der Waals surface area contributed by atoms with Crippen LogP contribution in [0.4, 0.5) is 5.69 Å². The molecule has 1 aromatic rings. The summed E-state index contributed by atoms with van der Waals surface area (Å²) in [5, 5.41) is 4.04. The minimum absolute atomic E-state index is 0.627. The summed E-state index contributed by atoms with van der Waals surface area (Å²) in [5.41, 5.74) is 2.62. The maximum absolute atomic E-state index is 5.48. The number of fused-ring (bicyclic) bond motifs is 1. The second-order valence-electron chi connectivity index (χ2n) is 4.77. The average Bonchev–Trinajstić information content (AvgIpc) is 2.38. The number of hydrogen-bond acceptors (Lipinski definition) is 2. The third-order valence-corrected chi connectivity index (χ3v) is 3.54. The van der Waals surface area contributed by atoms with E-state index < -0.39 is 0 Å². The fourth-order valence-corrected chi connectivity index (χ4v) is 2.62. The molecule has 0 saturated carbocycles. The topological polar surface area (TPSA) is 24.5 Å². The molecule has 0 bridgehead atoms. The third kappa shape index (κ3) is 3.00. The molecule has 1 unspecified atom stereocenters. The van der Waals surface area contributed by atoms with Crippen LogP contribution in [0.1, 0.15) is 12.5 Å². The molecular weight excluding hydrogens is 244 g/mol. The molecule has 18 heavy (non-hydrogen) atoms. The van der Waals surface area contributed by atoms with Crippen LogP contribution in [-0.4, -0.2) is 31.9 Å². The first-order valence-electron chi connectivity index (χ1n) is 6.34. The summed E-state index contributed by atoms with van der Waals surface area (Å²) in [5.74, 6) is 0.627. The zero-order chi connectivity index (χ0) is 13.0. The van der Waals surface area contributed by atoms with Crippen molar-refractivity contribution in [1.82, 2.24) is 5.32 Å². The van der Waals surface area contributed by atoms with Gasteiger partial charge in [0, 0.05) is 25.9 Å². The van der Waals surface area contributed by atoms with Gasteiger partial charge in [-0.1, -0.05) is 25.1 Å². The number of nitrogens with zero attached hydrogens (tertiary/aromatic N) is 1. The monoisotopic (exact) mass is 264 g/mol. The summed E-state index contributed by atoms with van der Waals surface area (Å²) in [6.45, 7) is 4.67. The fourth-order valence-electron chi connectivity index (χ4n) is 2.34. The molecule has 0 radical (unpaired) electrons. The van der Waals surface area contributed by atoms with Gasteiger partial charge in [0.15, 0.2) is 5.11 Å². The van der Waals surface area contributed by atoms with Crippen molar-refractivity contribution < 1.29 is 4.74 Å². The number of benzene rings is 1. The van der Waals surface area contributed by atoms with Crippen molar-refractivity contribution in [2.75, 3.05) is 31.7 Å². The van der Waals surface area contributed by atoms with Crippen LogP contribution in [0.15, 0.2) is 24.3 Å². The first-order chi connectivity index (χ1) is 8.72. The number of thiocarbonyl (C=S) groups is 1. The molecule has 0 aromatic heterocycles. The van der Waals surface area contributed by atoms with Crippen LogP contribution in [0.25, 0.3) is 0 Å². The third-order valence-electron chi connectivity index (χ3n) is 3.17. The second kappa shape index (κ2) is 6.16. The van der Waals surface area contributed by atoms with E-state index in [0.717, 1.165) is 24.6 Å². The first kappa shape index (κ1) is 13.3. The zero-order valence-electron chi connectivity index (χ0n) is 11.0. The number of para-hydroxylation sites is 1. The molecule has 2 rings (SSSR count). The van der Waals surface area contributed by atoms with E-state index in [1.54, 1.807) is 7.11 Å². The second-order valence-corrected chi connectivity index (χ2v) is 5.16. The molecule has 0 saturated heterocycles. The van der Waals surface area contributed by atoms with Gasteiger partial charge in [0.1, 0.15) is 0 Å². The van der Waals surface area contributed by atoms with Gasteiger partial charge in [-0.3, -0.25) is 0 Å². The van der Waals surface area contributed by atoms with E-state index >= 15 is 0 Å². The molecule has 98 valence electrons. The van der Waals surface area contributed by atoms with Crippen LogP contribution in [0, 0.1) is 5.92 Å². The molecule has 0 fully saturated rings. The van der Waals surface area contributed by atoms with Gasteiger partial charge in [-0.05, 0) is 36.2 Å². The first-order valence-corrected chi connectivity index (χ1v) is 6.75. The lowest BCUT2D eigenvalue weighted by atomic mass is 9.94. The lowest BCUT2D eigenvalue weighted by molar-refractivity contribution is 0.204. The van der Waals surface area contributed by atoms with Crippen molar-refractivity contribution in [2.45, 2.75) is 13.3 Å². The van der Waals surface area contributed by atoms with Gasteiger partial charge in [0.2, 0.25) is 0 Å². The Balaban J connectivity index is 2.10. The highest BCUT2D eigenvalue weighted by atomic mass is 32.1. The SMILES string of the molecule is COCCNC(=S)N1CC(C)Cc2ccccc21. The van der Waals surface area contributed by atoms with Crippen molar-refractivity contribution in [3.8, 4) is 0 Å². The Morgan fingerprint density at radius 2 is 2.28 bits per heavy atom. The Labute approximate surface area is 114 Å². The van der Waals surface area contributed by atoms with Crippen molar-refractivity contribution in [3.63, 3.8) is 0 Å². The molecule has 3 nitrogen and oxygen atoms in total. The number of hydrogen-bond donors (Lipinski definition) is 1. The smallest absolute Gasteiger partial charge is 0.173 e. The van der Waals surface area contributed by atoms with Crippen molar-refractivity contribution in [3.05, 3.63) is 29.8 Å². The number of methoxy groups -OCH3 is 1. The van der Waals surface area contributed by atoms with Crippen molar-refractivity contribution in [2.24, 2.45) is 5.92 Å². The van der Waals surface area contributed by atoms with Gasteiger partial charge in [-0.2, -0.15) is 0 Å². The Kier molecular flexibility index (Phi) is 4.55. The summed E-state index contributed by atoms with van der Waals surface area (Å²) >= 11 is 5.48. The maximum Gasteiger partial charge on any atom is 0.173 e. The van der Waals surface area contributed by atoms with Gasteiger partial charge in [-0.15, -0.1) is 0 Å². The summed E-state index contributed by atoms with van der Waals surface area (Å²) in [7, 11) is 1.70. The average molecular weight is 264 g/mol. The maximum atomic E-state index is 5.48. The number of ether oxygens (including phenoxy) is 1. The molecule has 0 spiro atoms. The number of anilines is 1. The quantitative estimate of drug-likeness (QED) is 0.668. The van der Waals surface area contributed by atoms with E-state index in [9.17, 15) is 0 Å². The number of nitrogens with one attached hydrogen (secondary N) is 1. The van der Waals surface area contributed by atoms with E-state index in [2.05, 4.69) is 41.4 Å². The van der Waals surface area contributed by atoms with Gasteiger partial charge >= 0.3 is 0 Å². The van der Waals surface area contributed by atoms with Gasteiger partial charge in [0.25, 0.3) is 0 Å². The molecule has 1 atom stereocenters. The fraction of sp³-hybridized carbons (Fsp3) is 0.500. The Morgan fingerprint density at radius 1 is 1.50 bits per heavy atom. The normalized spacial score (nSPS) is 18.3. The van der Waals surface area contributed by atoms with E-state index in [-0.39, 0.29) is 0 Å². The van der Waals surface area contributed by atoms with E-state index in [1.807, 2.05) is 0 Å². The van der Waals surface area contributed by atoms with Crippen LogP contribution >= 0.6 is 12.2 Å². The van der Waals surface area contributed by atoms with Crippen molar-refractivity contribution >= 4 is 23.0 Å². The van der Waals surface area contributed by atoms with Crippen molar-refractivity contribution in [1.29, 1.82) is 0 Å². The summed E-state index contributed by atoms with van der Waals surface area (Å²) < 4.78 is 5.03. The molecule has 1 heterocycles. The molecule has 1 N–H and O–H groups in total. The summed E-state index contributed by atoms with van der Waals surface area (Å²) in [6, 6.07) is 8.50. The van der Waals surface area contributed by atoms with Gasteiger partial charge in [-0.25, -0.2) is 0 Å². The molecule has 1 aliphatic heterocycles. The zero-order valence-corrected chi connectivity index (χ0v) is 11.8. The van der Waals surface area contributed by atoms with E-state index in [0.29, 0.717) is 12.5 Å². The predicted octanol–water partition coefficient (Wildman–Crippen LogP) is 2.21. The highest BCUT2D eigenvalue weighted by Gasteiger charge is 2.23. The minimum Gasteiger partial charge on any atom is -0.383 e. The summed E-state index contributed by atoms with van der Waals surface area (Å²) in [6.07, 6.45) is 1.13. The highest BCUT2D eigenvalue weighted by molar-refractivity contribution is 7.80. The predicted molar refractivity (Wildman–Crippen MR) is 79.1 cm³/mol. The highest BCUT2D eigenvalue weighted by Crippen LogP contribution is 2.29. The van der Waals surface area contributed by atoms with Crippen LogP contribution in [0.3, 0.4) is 0 Å². The number of rotatable bonds is 3. The molecule has 0 aliphatic carbocycles. The molecule has 0 amide bonds. The van der Waals surface area contributed by atoms with Gasteiger partial charge in [0.05, 0.1) is 6.61 Å². The largest absolute Gasteiger partial charge is 0.383 e. The van der Waals surface area contributed by atoms with Gasteiger partial charge < -0.3 is 15.0 Å². The molecular formula is C14H20N2OS. The van der Waals surface area contributed by atoms with E-state index in [4.69, 9.17) is 17.0 Å². The lowest BCUT2D eigenvalue weighted by Gasteiger charge is -2.35. The molecule has 1 aliphatic rings. The molecule has 1 aromatic carbocycles. The Bertz CT molecular complexity index is 422. The Morgan fingerprint density at radius 3 is 3.06 bits per heavy atom. The van der Waals surface area contributed by atoms with Crippen LogP contribution in [0.2, 0.25) is 0 Å².